The zero-order valence-electron chi connectivity index (χ0n) is 11.3. The maximum absolute atomic E-state index is 5.44. The molecule has 0 fully saturated rings. The lowest BCUT2D eigenvalue weighted by Gasteiger charge is -2.19. The van der Waals surface area contributed by atoms with E-state index in [1.165, 1.54) is 17.3 Å². The molecule has 0 bridgehead atoms. The van der Waals surface area contributed by atoms with E-state index in [-0.39, 0.29) is 0 Å². The molecule has 1 heterocycles. The minimum absolute atomic E-state index is 0.612. The van der Waals surface area contributed by atoms with Crippen LogP contribution in [0.1, 0.15) is 5.56 Å². The van der Waals surface area contributed by atoms with E-state index in [9.17, 15) is 0 Å². The van der Waals surface area contributed by atoms with Crippen molar-refractivity contribution in [1.82, 2.24) is 9.97 Å². The first-order chi connectivity index (χ1) is 9.62. The van der Waals surface area contributed by atoms with Crippen LogP contribution in [0.4, 0.5) is 11.6 Å². The third kappa shape index (κ3) is 3.84. The molecule has 3 N–H and O–H groups in total. The first-order valence-corrected chi connectivity index (χ1v) is 7.99. The zero-order valence-corrected chi connectivity index (χ0v) is 13.7. The number of hydrogen-bond donors (Lipinski definition) is 2. The molecule has 0 saturated carbocycles. The normalized spacial score (nSPS) is 10.4. The summed E-state index contributed by atoms with van der Waals surface area (Å²) >= 11 is 4.97. The lowest BCUT2D eigenvalue weighted by Crippen LogP contribution is -2.19. The van der Waals surface area contributed by atoms with E-state index in [4.69, 9.17) is 5.84 Å². The minimum Gasteiger partial charge on any atom is -0.355 e. The molecular formula is C13H16BrN5S. The van der Waals surface area contributed by atoms with Gasteiger partial charge in [0.1, 0.15) is 11.6 Å². The number of halogens is 1. The number of rotatable bonds is 5. The van der Waals surface area contributed by atoms with Gasteiger partial charge >= 0.3 is 0 Å². The average molecular weight is 354 g/mol. The molecule has 106 valence electrons. The summed E-state index contributed by atoms with van der Waals surface area (Å²) in [7, 11) is 1.99. The maximum atomic E-state index is 5.44. The van der Waals surface area contributed by atoms with Gasteiger partial charge in [0.05, 0.1) is 0 Å². The molecule has 1 aromatic carbocycles. The molecule has 0 aliphatic heterocycles. The van der Waals surface area contributed by atoms with Crippen molar-refractivity contribution in [3.05, 3.63) is 40.4 Å². The Labute approximate surface area is 131 Å². The van der Waals surface area contributed by atoms with Gasteiger partial charge in [0, 0.05) is 24.1 Å². The largest absolute Gasteiger partial charge is 0.355 e. The van der Waals surface area contributed by atoms with Crippen molar-refractivity contribution in [2.24, 2.45) is 5.84 Å². The molecule has 0 radical (unpaired) electrons. The van der Waals surface area contributed by atoms with Gasteiger partial charge < -0.3 is 10.3 Å². The number of hydrazine groups is 1. The molecule has 0 spiro atoms. The molecule has 0 atom stereocenters. The number of anilines is 2. The van der Waals surface area contributed by atoms with Gasteiger partial charge in [0.15, 0.2) is 5.16 Å². The van der Waals surface area contributed by atoms with Crippen LogP contribution in [0.15, 0.2) is 40.0 Å². The lowest BCUT2D eigenvalue weighted by molar-refractivity contribution is 0.857. The van der Waals surface area contributed by atoms with Gasteiger partial charge in [0.2, 0.25) is 0 Å². The number of aromatic nitrogens is 2. The van der Waals surface area contributed by atoms with Gasteiger partial charge in [-0.15, -0.1) is 0 Å². The summed E-state index contributed by atoms with van der Waals surface area (Å²) in [4.78, 5) is 10.8. The topological polar surface area (TPSA) is 67.1 Å². The van der Waals surface area contributed by atoms with Crippen LogP contribution in [-0.2, 0) is 6.54 Å². The van der Waals surface area contributed by atoms with Crippen molar-refractivity contribution in [3.63, 3.8) is 0 Å². The number of thioether (sulfide) groups is 1. The summed E-state index contributed by atoms with van der Waals surface area (Å²) in [6.07, 6.45) is 1.94. The summed E-state index contributed by atoms with van der Waals surface area (Å²) in [5.74, 6) is 6.88. The Bertz CT molecular complexity index is 570. The van der Waals surface area contributed by atoms with Crippen molar-refractivity contribution in [3.8, 4) is 0 Å². The van der Waals surface area contributed by atoms with E-state index in [1.54, 1.807) is 0 Å². The summed E-state index contributed by atoms with van der Waals surface area (Å²) in [6, 6.07) is 10.0. The highest BCUT2D eigenvalue weighted by atomic mass is 79.9. The third-order valence-corrected chi connectivity index (χ3v) is 3.76. The van der Waals surface area contributed by atoms with E-state index in [0.29, 0.717) is 11.0 Å². The van der Waals surface area contributed by atoms with Crippen LogP contribution in [0.25, 0.3) is 0 Å². The molecule has 5 nitrogen and oxygen atoms in total. The monoisotopic (exact) mass is 353 g/mol. The molecule has 7 heteroatoms. The zero-order chi connectivity index (χ0) is 14.5. The van der Waals surface area contributed by atoms with Gasteiger partial charge in [-0.25, -0.2) is 15.8 Å². The first-order valence-electron chi connectivity index (χ1n) is 5.97. The Hall–Kier alpha value is -1.31. The van der Waals surface area contributed by atoms with Crippen LogP contribution in [-0.4, -0.2) is 23.3 Å². The summed E-state index contributed by atoms with van der Waals surface area (Å²) in [6.45, 7) is 0.758. The Morgan fingerprint density at radius 1 is 1.35 bits per heavy atom. The molecule has 2 rings (SSSR count). The fraction of sp³-hybridized carbons (Fsp3) is 0.231. The molecular weight excluding hydrogens is 338 g/mol. The van der Waals surface area contributed by atoms with Crippen LogP contribution in [0.3, 0.4) is 0 Å². The van der Waals surface area contributed by atoms with Crippen LogP contribution in [0, 0.1) is 0 Å². The summed E-state index contributed by atoms with van der Waals surface area (Å²) < 4.78 is 1.07. The van der Waals surface area contributed by atoms with Gasteiger partial charge in [-0.05, 0) is 24.0 Å². The first kappa shape index (κ1) is 15.1. The van der Waals surface area contributed by atoms with Crippen molar-refractivity contribution in [2.75, 3.05) is 23.6 Å². The number of nitrogens with two attached hydrogens (primary N) is 1. The molecule has 0 aliphatic carbocycles. The van der Waals surface area contributed by atoms with Crippen LogP contribution in [0.2, 0.25) is 0 Å². The Morgan fingerprint density at radius 2 is 2.15 bits per heavy atom. The predicted octanol–water partition coefficient (Wildman–Crippen LogP) is 2.88. The lowest BCUT2D eigenvalue weighted by atomic mass is 10.2. The molecule has 0 amide bonds. The number of nitrogens with zero attached hydrogens (tertiary/aromatic N) is 3. The highest BCUT2D eigenvalue weighted by Gasteiger charge is 2.08. The fourth-order valence-corrected chi connectivity index (χ4v) is 2.58. The van der Waals surface area contributed by atoms with Crippen molar-refractivity contribution < 1.29 is 0 Å². The number of hydrogen-bond acceptors (Lipinski definition) is 6. The van der Waals surface area contributed by atoms with E-state index >= 15 is 0 Å². The van der Waals surface area contributed by atoms with E-state index in [2.05, 4.69) is 48.4 Å². The SMILES string of the molecule is CSc1nc(NN)cc(N(C)Cc2cccc(Br)c2)n1. The fourth-order valence-electron chi connectivity index (χ4n) is 1.76. The Kier molecular flexibility index (Phi) is 5.22. The third-order valence-electron chi connectivity index (χ3n) is 2.72. The van der Waals surface area contributed by atoms with Crippen molar-refractivity contribution in [1.29, 1.82) is 0 Å². The second-order valence-corrected chi connectivity index (χ2v) is 5.92. The van der Waals surface area contributed by atoms with Crippen molar-refractivity contribution in [2.45, 2.75) is 11.7 Å². The molecule has 0 aliphatic rings. The van der Waals surface area contributed by atoms with Crippen LogP contribution in [0.5, 0.6) is 0 Å². The molecule has 0 saturated heterocycles. The summed E-state index contributed by atoms with van der Waals surface area (Å²) in [5, 5.41) is 0.691. The van der Waals surface area contributed by atoms with Crippen LogP contribution < -0.4 is 16.2 Å². The summed E-state index contributed by atoms with van der Waals surface area (Å²) in [5.41, 5.74) is 3.77. The van der Waals surface area contributed by atoms with Gasteiger partial charge in [-0.1, -0.05) is 39.8 Å². The molecule has 2 aromatic rings. The highest BCUT2D eigenvalue weighted by Crippen LogP contribution is 2.21. The minimum atomic E-state index is 0.612. The van der Waals surface area contributed by atoms with Gasteiger partial charge in [0.25, 0.3) is 0 Å². The van der Waals surface area contributed by atoms with E-state index in [0.717, 1.165) is 16.8 Å². The quantitative estimate of drug-likeness (QED) is 0.373. The smallest absolute Gasteiger partial charge is 0.191 e. The maximum Gasteiger partial charge on any atom is 0.191 e. The molecule has 0 unspecified atom stereocenters. The molecule has 20 heavy (non-hydrogen) atoms. The Morgan fingerprint density at radius 3 is 2.80 bits per heavy atom. The van der Waals surface area contributed by atoms with Gasteiger partial charge in [-0.2, -0.15) is 0 Å². The second kappa shape index (κ2) is 6.92. The standard InChI is InChI=1S/C13H16BrN5S/c1-19(8-9-4-3-5-10(14)6-9)12-7-11(18-15)16-13(17-12)20-2/h3-7H,8,15H2,1-2H3,(H,16,17,18). The Balaban J connectivity index is 2.22. The van der Waals surface area contributed by atoms with E-state index < -0.39 is 0 Å². The predicted molar refractivity (Wildman–Crippen MR) is 87.9 cm³/mol. The van der Waals surface area contributed by atoms with Crippen LogP contribution >= 0.6 is 27.7 Å². The highest BCUT2D eigenvalue weighted by molar-refractivity contribution is 9.10. The average Bonchev–Trinajstić information content (AvgIpc) is 2.46. The van der Waals surface area contributed by atoms with E-state index in [1.807, 2.05) is 31.5 Å². The number of nitrogens with one attached hydrogen (secondary N) is 1. The molecule has 1 aromatic heterocycles. The second-order valence-electron chi connectivity index (χ2n) is 4.23. The number of benzene rings is 1. The van der Waals surface area contributed by atoms with Crippen molar-refractivity contribution >= 4 is 39.3 Å². The number of nitrogen functional groups attached to an aromatic ring is 1. The van der Waals surface area contributed by atoms with Gasteiger partial charge in [-0.3, -0.25) is 0 Å².